The van der Waals surface area contributed by atoms with E-state index in [0.29, 0.717) is 24.5 Å². The molecule has 0 bridgehead atoms. The minimum atomic E-state index is -0.970. The molecule has 160 valence electrons. The number of rotatable bonds is 7. The topological polar surface area (TPSA) is 97.3 Å². The van der Waals surface area contributed by atoms with E-state index in [1.807, 2.05) is 12.1 Å². The third-order valence-corrected chi connectivity index (χ3v) is 5.98. The van der Waals surface area contributed by atoms with Crippen molar-refractivity contribution in [3.8, 4) is 10.4 Å². The molecule has 0 aliphatic carbocycles. The minimum Gasteiger partial charge on any atom is -0.379 e. The summed E-state index contributed by atoms with van der Waals surface area (Å²) in [4.78, 5) is 40.8. The SMILES string of the molecule is O=C(NC1CCOC1)[C@H](c1cncnc1)N(C(=O)CCl)c1ccc(-c2cncs2)cc1. The number of halogens is 1. The average Bonchev–Trinajstić information content (AvgIpc) is 3.52. The molecule has 1 fully saturated rings. The van der Waals surface area contributed by atoms with E-state index >= 15 is 0 Å². The number of benzene rings is 1. The molecule has 0 saturated carbocycles. The van der Waals surface area contributed by atoms with Crippen LogP contribution in [0.1, 0.15) is 18.0 Å². The summed E-state index contributed by atoms with van der Waals surface area (Å²) in [6, 6.07) is 6.28. The smallest absolute Gasteiger partial charge is 0.248 e. The molecule has 1 aromatic carbocycles. The van der Waals surface area contributed by atoms with Crippen molar-refractivity contribution < 1.29 is 14.3 Å². The number of carbonyl (C=O) groups is 2. The maximum absolute atomic E-state index is 13.3. The second-order valence-corrected chi connectivity index (χ2v) is 8.11. The van der Waals surface area contributed by atoms with Gasteiger partial charge in [0.1, 0.15) is 18.2 Å². The number of alkyl halides is 1. The molecular formula is C21H20ClN5O3S. The number of ether oxygens (including phenoxy) is 1. The molecule has 0 radical (unpaired) electrons. The molecule has 2 atom stereocenters. The number of aromatic nitrogens is 3. The number of carbonyl (C=O) groups excluding carboxylic acids is 2. The molecule has 10 heteroatoms. The quantitative estimate of drug-likeness (QED) is 0.548. The Morgan fingerprint density at radius 3 is 2.58 bits per heavy atom. The van der Waals surface area contributed by atoms with Crippen LogP contribution in [0.25, 0.3) is 10.4 Å². The maximum atomic E-state index is 13.3. The van der Waals surface area contributed by atoms with Crippen LogP contribution in [0.15, 0.2) is 54.7 Å². The molecule has 1 unspecified atom stereocenters. The summed E-state index contributed by atoms with van der Waals surface area (Å²) >= 11 is 7.46. The Kier molecular flexibility index (Phi) is 6.86. The summed E-state index contributed by atoms with van der Waals surface area (Å²) < 4.78 is 5.36. The first-order valence-electron chi connectivity index (χ1n) is 9.67. The molecule has 3 heterocycles. The van der Waals surface area contributed by atoms with E-state index in [1.54, 1.807) is 23.8 Å². The summed E-state index contributed by atoms with van der Waals surface area (Å²) in [6.45, 7) is 1.03. The van der Waals surface area contributed by atoms with Crippen molar-refractivity contribution in [1.29, 1.82) is 0 Å². The van der Waals surface area contributed by atoms with Crippen LogP contribution in [0.4, 0.5) is 5.69 Å². The van der Waals surface area contributed by atoms with Crippen LogP contribution in [-0.4, -0.2) is 51.9 Å². The molecule has 31 heavy (non-hydrogen) atoms. The number of nitrogens with one attached hydrogen (secondary N) is 1. The average molecular weight is 458 g/mol. The highest BCUT2D eigenvalue weighted by molar-refractivity contribution is 7.13. The van der Waals surface area contributed by atoms with Crippen LogP contribution in [0, 0.1) is 0 Å². The van der Waals surface area contributed by atoms with E-state index in [2.05, 4.69) is 20.3 Å². The van der Waals surface area contributed by atoms with Gasteiger partial charge in [-0.2, -0.15) is 0 Å². The van der Waals surface area contributed by atoms with Gasteiger partial charge in [0.15, 0.2) is 0 Å². The lowest BCUT2D eigenvalue weighted by molar-refractivity contribution is -0.126. The lowest BCUT2D eigenvalue weighted by Crippen LogP contribution is -2.47. The fourth-order valence-corrected chi connectivity index (χ4v) is 4.20. The minimum absolute atomic E-state index is 0.110. The summed E-state index contributed by atoms with van der Waals surface area (Å²) in [5, 5.41) is 2.98. The van der Waals surface area contributed by atoms with Crippen LogP contribution < -0.4 is 10.2 Å². The zero-order valence-corrected chi connectivity index (χ0v) is 18.1. The van der Waals surface area contributed by atoms with E-state index in [4.69, 9.17) is 16.3 Å². The van der Waals surface area contributed by atoms with E-state index < -0.39 is 11.9 Å². The lowest BCUT2D eigenvalue weighted by atomic mass is 10.0. The molecule has 1 aliphatic heterocycles. The molecule has 1 saturated heterocycles. The number of hydrogen-bond acceptors (Lipinski definition) is 7. The van der Waals surface area contributed by atoms with Crippen LogP contribution in [-0.2, 0) is 14.3 Å². The van der Waals surface area contributed by atoms with Gasteiger partial charge in [-0.15, -0.1) is 22.9 Å². The van der Waals surface area contributed by atoms with Gasteiger partial charge in [-0.1, -0.05) is 12.1 Å². The fourth-order valence-electron chi connectivity index (χ4n) is 3.44. The highest BCUT2D eigenvalue weighted by Crippen LogP contribution is 2.31. The standard InChI is InChI=1S/C21H20ClN5O3S/c22-7-19(28)27(17-3-1-14(2-4-17)18-10-25-13-31-18)20(15-8-23-12-24-9-15)21(29)26-16-5-6-30-11-16/h1-4,8-10,12-13,16,20H,5-7,11H2,(H,26,29)/t16?,20-/m0/s1. The molecule has 2 aromatic heterocycles. The molecule has 1 N–H and O–H groups in total. The van der Waals surface area contributed by atoms with Crippen molar-refractivity contribution in [3.05, 3.63) is 60.3 Å². The summed E-state index contributed by atoms with van der Waals surface area (Å²) in [7, 11) is 0. The Morgan fingerprint density at radius 1 is 1.19 bits per heavy atom. The maximum Gasteiger partial charge on any atom is 0.248 e. The largest absolute Gasteiger partial charge is 0.379 e. The first kappa shape index (κ1) is 21.4. The third-order valence-electron chi connectivity index (χ3n) is 4.92. The lowest BCUT2D eigenvalue weighted by Gasteiger charge is -2.31. The molecule has 4 rings (SSSR count). The van der Waals surface area contributed by atoms with E-state index in [1.165, 1.54) is 35.0 Å². The Labute approximate surface area is 188 Å². The van der Waals surface area contributed by atoms with Crippen molar-refractivity contribution in [2.45, 2.75) is 18.5 Å². The molecule has 0 spiro atoms. The van der Waals surface area contributed by atoms with E-state index in [0.717, 1.165) is 16.9 Å². The van der Waals surface area contributed by atoms with Crippen molar-refractivity contribution in [2.24, 2.45) is 0 Å². The highest BCUT2D eigenvalue weighted by Gasteiger charge is 2.34. The van der Waals surface area contributed by atoms with Gasteiger partial charge in [0.2, 0.25) is 11.8 Å². The number of anilines is 1. The Balaban J connectivity index is 1.70. The molecule has 8 nitrogen and oxygen atoms in total. The molecular weight excluding hydrogens is 438 g/mol. The first-order valence-corrected chi connectivity index (χ1v) is 11.1. The van der Waals surface area contributed by atoms with Crippen LogP contribution in [0.5, 0.6) is 0 Å². The zero-order chi connectivity index (χ0) is 21.6. The Hall–Kier alpha value is -2.88. The van der Waals surface area contributed by atoms with Crippen LogP contribution >= 0.6 is 22.9 Å². The zero-order valence-electron chi connectivity index (χ0n) is 16.5. The van der Waals surface area contributed by atoms with Crippen molar-refractivity contribution in [2.75, 3.05) is 24.0 Å². The van der Waals surface area contributed by atoms with Gasteiger partial charge in [-0.05, 0) is 24.1 Å². The van der Waals surface area contributed by atoms with Gasteiger partial charge in [-0.25, -0.2) is 9.97 Å². The van der Waals surface area contributed by atoms with Gasteiger partial charge in [0.25, 0.3) is 0 Å². The number of amides is 2. The second kappa shape index (κ2) is 9.95. The second-order valence-electron chi connectivity index (χ2n) is 6.95. The summed E-state index contributed by atoms with van der Waals surface area (Å²) in [6.07, 6.45) is 6.94. The number of hydrogen-bond donors (Lipinski definition) is 1. The normalized spacial score (nSPS) is 16.6. The van der Waals surface area contributed by atoms with Gasteiger partial charge < -0.3 is 10.1 Å². The van der Waals surface area contributed by atoms with Crippen LogP contribution in [0.3, 0.4) is 0 Å². The predicted octanol–water partition coefficient (Wildman–Crippen LogP) is 2.82. The van der Waals surface area contributed by atoms with Gasteiger partial charge in [0.05, 0.1) is 23.0 Å². The Morgan fingerprint density at radius 2 is 1.97 bits per heavy atom. The van der Waals surface area contributed by atoms with Gasteiger partial charge in [-0.3, -0.25) is 19.5 Å². The van der Waals surface area contributed by atoms with E-state index in [-0.39, 0.29) is 17.8 Å². The summed E-state index contributed by atoms with van der Waals surface area (Å²) in [5.74, 6) is -1.02. The van der Waals surface area contributed by atoms with Crippen molar-refractivity contribution >= 4 is 40.4 Å². The molecule has 3 aromatic rings. The van der Waals surface area contributed by atoms with E-state index in [9.17, 15) is 9.59 Å². The van der Waals surface area contributed by atoms with Gasteiger partial charge in [0, 0.05) is 36.4 Å². The monoisotopic (exact) mass is 457 g/mol. The van der Waals surface area contributed by atoms with Crippen molar-refractivity contribution in [3.63, 3.8) is 0 Å². The van der Waals surface area contributed by atoms with Crippen LogP contribution in [0.2, 0.25) is 0 Å². The molecule has 1 aliphatic rings. The number of thiazole rings is 1. The fraction of sp³-hybridized carbons (Fsp3) is 0.286. The molecule has 2 amide bonds. The summed E-state index contributed by atoms with van der Waals surface area (Å²) in [5.41, 5.74) is 3.76. The first-order chi connectivity index (χ1) is 15.2. The highest BCUT2D eigenvalue weighted by atomic mass is 35.5. The predicted molar refractivity (Wildman–Crippen MR) is 118 cm³/mol. The van der Waals surface area contributed by atoms with Crippen molar-refractivity contribution in [1.82, 2.24) is 20.3 Å². The Bertz CT molecular complexity index is 1010. The van der Waals surface area contributed by atoms with Gasteiger partial charge >= 0.3 is 0 Å². The third kappa shape index (κ3) is 4.90. The number of nitrogens with zero attached hydrogens (tertiary/aromatic N) is 4.